The molecule has 12 nitrogen and oxygen atoms in total. The molecule has 0 spiro atoms. The number of ether oxygens (including phenoxy) is 2. The van der Waals surface area contributed by atoms with Crippen LogP contribution in [0.4, 0.5) is 9.59 Å². The van der Waals surface area contributed by atoms with Gasteiger partial charge < -0.3 is 20.1 Å². The molecule has 2 unspecified atom stereocenters. The first kappa shape index (κ1) is 16.9. The molecule has 2 aliphatic heterocycles. The van der Waals surface area contributed by atoms with E-state index in [-0.39, 0.29) is 0 Å². The van der Waals surface area contributed by atoms with Crippen LogP contribution in [0.1, 0.15) is 0 Å². The fraction of sp³-hybridized carbons (Fsp3) is 0.333. The van der Waals surface area contributed by atoms with Gasteiger partial charge in [-0.2, -0.15) is 0 Å². The predicted octanol–water partition coefficient (Wildman–Crippen LogP) is -2.95. The Morgan fingerprint density at radius 1 is 0.792 bits per heavy atom. The largest absolute Gasteiger partial charge is 0.460 e. The number of urea groups is 2. The molecule has 0 saturated carbocycles. The molecule has 2 atom stereocenters. The number of hydrogen-bond acceptors (Lipinski definition) is 8. The summed E-state index contributed by atoms with van der Waals surface area (Å²) in [5.41, 5.74) is 0. The molecule has 12 heteroatoms. The third-order valence-corrected chi connectivity index (χ3v) is 2.86. The Morgan fingerprint density at radius 3 is 1.46 bits per heavy atom. The molecule has 2 saturated heterocycles. The Balaban J connectivity index is 1.68. The van der Waals surface area contributed by atoms with Gasteiger partial charge in [-0.05, 0) is 0 Å². The minimum Gasteiger partial charge on any atom is -0.460 e. The van der Waals surface area contributed by atoms with Gasteiger partial charge in [-0.25, -0.2) is 19.2 Å². The molecule has 2 heterocycles. The predicted molar refractivity (Wildman–Crippen MR) is 72.0 cm³/mol. The number of carbonyl (C=O) groups is 6. The molecule has 0 aliphatic carbocycles. The first-order valence-electron chi connectivity index (χ1n) is 6.59. The van der Waals surface area contributed by atoms with E-state index in [1.807, 2.05) is 10.6 Å². The number of nitrogens with one attached hydrogen (secondary N) is 4. The number of esters is 2. The lowest BCUT2D eigenvalue weighted by molar-refractivity contribution is -0.142. The maximum Gasteiger partial charge on any atom is 0.331 e. The Hall–Kier alpha value is -3.44. The summed E-state index contributed by atoms with van der Waals surface area (Å²) < 4.78 is 9.35. The van der Waals surface area contributed by atoms with Crippen molar-refractivity contribution in [3.63, 3.8) is 0 Å². The summed E-state index contributed by atoms with van der Waals surface area (Å²) in [5.74, 6) is -3.14. The average molecular weight is 340 g/mol. The van der Waals surface area contributed by atoms with Gasteiger partial charge in [0, 0.05) is 12.2 Å². The molecule has 2 aliphatic rings. The summed E-state index contributed by atoms with van der Waals surface area (Å²) in [6, 6.07) is -3.37. The minimum absolute atomic E-state index is 0.399. The van der Waals surface area contributed by atoms with Crippen LogP contribution in [0.5, 0.6) is 0 Å². The van der Waals surface area contributed by atoms with Crippen LogP contribution in [0.3, 0.4) is 0 Å². The third kappa shape index (κ3) is 4.53. The van der Waals surface area contributed by atoms with E-state index in [9.17, 15) is 28.8 Å². The highest BCUT2D eigenvalue weighted by Gasteiger charge is 2.31. The van der Waals surface area contributed by atoms with Gasteiger partial charge in [-0.1, -0.05) is 0 Å². The maximum absolute atomic E-state index is 11.4. The molecule has 0 aromatic heterocycles. The van der Waals surface area contributed by atoms with Crippen LogP contribution in [0, 0.1) is 0 Å². The zero-order valence-electron chi connectivity index (χ0n) is 12.0. The van der Waals surface area contributed by atoms with E-state index >= 15 is 0 Å². The molecule has 0 bridgehead atoms. The van der Waals surface area contributed by atoms with E-state index in [0.29, 0.717) is 0 Å². The lowest BCUT2D eigenvalue weighted by Gasteiger charge is -2.07. The van der Waals surface area contributed by atoms with Gasteiger partial charge in [0.15, 0.2) is 0 Å². The lowest BCUT2D eigenvalue weighted by atomic mass is 10.3. The van der Waals surface area contributed by atoms with E-state index in [0.717, 1.165) is 12.2 Å². The average Bonchev–Trinajstić information content (AvgIpc) is 3.01. The van der Waals surface area contributed by atoms with Gasteiger partial charge in [-0.15, -0.1) is 0 Å². The van der Waals surface area contributed by atoms with Gasteiger partial charge in [0.2, 0.25) is 0 Å². The molecule has 24 heavy (non-hydrogen) atoms. The maximum atomic E-state index is 11.4. The molecule has 4 N–H and O–H groups in total. The van der Waals surface area contributed by atoms with Crippen LogP contribution in [-0.4, -0.2) is 61.1 Å². The summed E-state index contributed by atoms with van der Waals surface area (Å²) >= 11 is 0. The number of rotatable bonds is 6. The summed E-state index contributed by atoms with van der Waals surface area (Å²) in [6.07, 6.45) is 1.51. The van der Waals surface area contributed by atoms with Gasteiger partial charge in [0.1, 0.15) is 25.3 Å². The monoisotopic (exact) mass is 340 g/mol. The molecule has 6 amide bonds. The van der Waals surface area contributed by atoms with Gasteiger partial charge in [-0.3, -0.25) is 20.2 Å². The molecule has 0 radical (unpaired) electrons. The van der Waals surface area contributed by atoms with Gasteiger partial charge >= 0.3 is 24.0 Å². The second-order valence-corrected chi connectivity index (χ2v) is 4.62. The van der Waals surface area contributed by atoms with Crippen LogP contribution in [0.25, 0.3) is 0 Å². The number of hydrogen-bond donors (Lipinski definition) is 4. The lowest BCUT2D eigenvalue weighted by Crippen LogP contribution is -2.34. The second kappa shape index (κ2) is 7.21. The molecule has 128 valence electrons. The first-order chi connectivity index (χ1) is 11.3. The molecule has 2 rings (SSSR count). The Morgan fingerprint density at radius 2 is 1.17 bits per heavy atom. The van der Waals surface area contributed by atoms with Crippen LogP contribution in [0.15, 0.2) is 12.2 Å². The zero-order chi connectivity index (χ0) is 17.7. The van der Waals surface area contributed by atoms with Crippen molar-refractivity contribution in [2.24, 2.45) is 0 Å². The normalized spacial score (nSPS) is 22.7. The summed E-state index contributed by atoms with van der Waals surface area (Å²) in [6.45, 7) is -0.797. The van der Waals surface area contributed by atoms with Gasteiger partial charge in [0.05, 0.1) is 0 Å². The second-order valence-electron chi connectivity index (χ2n) is 4.62. The van der Waals surface area contributed by atoms with Crippen LogP contribution in [-0.2, 0) is 28.7 Å². The highest BCUT2D eigenvalue weighted by Crippen LogP contribution is 1.97. The van der Waals surface area contributed by atoms with E-state index in [4.69, 9.17) is 0 Å². The standard InChI is InChI=1S/C12H12N4O8/c17-7(23-3-5-9(19)15-11(21)13-5)1-2-8(18)24-4-6-10(20)16-12(22)14-6/h1-2,5-6H,3-4H2,(H2,13,15,19,21)(H2,14,16,20,22)/b2-1+. The zero-order valence-corrected chi connectivity index (χ0v) is 12.0. The fourth-order valence-corrected chi connectivity index (χ4v) is 1.72. The molecule has 0 aromatic rings. The highest BCUT2D eigenvalue weighted by molar-refractivity contribution is 6.05. The fourth-order valence-electron chi connectivity index (χ4n) is 1.72. The van der Waals surface area contributed by atoms with Crippen molar-refractivity contribution in [2.75, 3.05) is 13.2 Å². The Labute approximate surface area is 133 Å². The summed E-state index contributed by atoms with van der Waals surface area (Å²) in [5, 5.41) is 8.35. The number of imide groups is 2. The van der Waals surface area contributed by atoms with Crippen molar-refractivity contribution in [1.29, 1.82) is 0 Å². The third-order valence-electron chi connectivity index (χ3n) is 2.86. The van der Waals surface area contributed by atoms with E-state index in [1.54, 1.807) is 0 Å². The van der Waals surface area contributed by atoms with Gasteiger partial charge in [0.25, 0.3) is 11.8 Å². The van der Waals surface area contributed by atoms with Crippen molar-refractivity contribution in [3.8, 4) is 0 Å². The Kier molecular flexibility index (Phi) is 5.09. The summed E-state index contributed by atoms with van der Waals surface area (Å²) in [7, 11) is 0. The van der Waals surface area contributed by atoms with Crippen molar-refractivity contribution >= 4 is 35.8 Å². The molecule has 0 aromatic carbocycles. The Bertz CT molecular complexity index is 589. The van der Waals surface area contributed by atoms with Crippen molar-refractivity contribution in [1.82, 2.24) is 21.3 Å². The van der Waals surface area contributed by atoms with E-state index in [2.05, 4.69) is 20.1 Å². The van der Waals surface area contributed by atoms with Crippen molar-refractivity contribution in [3.05, 3.63) is 12.2 Å². The minimum atomic E-state index is -0.994. The molecular weight excluding hydrogens is 328 g/mol. The number of amides is 6. The van der Waals surface area contributed by atoms with Crippen molar-refractivity contribution in [2.45, 2.75) is 12.1 Å². The topological polar surface area (TPSA) is 169 Å². The van der Waals surface area contributed by atoms with Crippen LogP contribution in [0.2, 0.25) is 0 Å². The molecular formula is C12H12N4O8. The smallest absolute Gasteiger partial charge is 0.331 e. The van der Waals surface area contributed by atoms with Crippen molar-refractivity contribution < 1.29 is 38.2 Å². The van der Waals surface area contributed by atoms with E-state index in [1.165, 1.54) is 0 Å². The quantitative estimate of drug-likeness (QED) is 0.226. The SMILES string of the molecule is O=C1NC(=O)C(COC(=O)/C=C/C(=O)OCC2NC(=O)NC2=O)N1. The first-order valence-corrected chi connectivity index (χ1v) is 6.59. The highest BCUT2D eigenvalue weighted by atomic mass is 16.5. The molecule has 2 fully saturated rings. The van der Waals surface area contributed by atoms with Crippen LogP contribution < -0.4 is 21.3 Å². The summed E-state index contributed by atoms with van der Waals surface area (Å²) in [4.78, 5) is 66.8. The number of carbonyl (C=O) groups excluding carboxylic acids is 6. The van der Waals surface area contributed by atoms with Crippen LogP contribution >= 0.6 is 0 Å². The van der Waals surface area contributed by atoms with E-state index < -0.39 is 61.1 Å².